The number of benzene rings is 1. The molecule has 0 aliphatic carbocycles. The van der Waals surface area contributed by atoms with Crippen LogP contribution in [-0.4, -0.2) is 17.9 Å². The Kier molecular flexibility index (Phi) is 2.62. The van der Waals surface area contributed by atoms with E-state index < -0.39 is 0 Å². The summed E-state index contributed by atoms with van der Waals surface area (Å²) in [5, 5.41) is 0. The van der Waals surface area contributed by atoms with Crippen LogP contribution in [0.15, 0.2) is 18.2 Å². The molecular formula is C16H19NO2. The van der Waals surface area contributed by atoms with Crippen molar-refractivity contribution in [3.05, 3.63) is 29.3 Å². The van der Waals surface area contributed by atoms with Crippen molar-refractivity contribution < 1.29 is 9.53 Å². The van der Waals surface area contributed by atoms with Gasteiger partial charge in [0.05, 0.1) is 13.2 Å². The molecule has 2 saturated heterocycles. The third-order valence-electron chi connectivity index (χ3n) is 4.79. The molecular weight excluding hydrogens is 238 g/mol. The fourth-order valence-electron chi connectivity index (χ4n) is 3.92. The average Bonchev–Trinajstić information content (AvgIpc) is 2.84. The van der Waals surface area contributed by atoms with E-state index >= 15 is 0 Å². The van der Waals surface area contributed by atoms with Crippen molar-refractivity contribution in [1.82, 2.24) is 0 Å². The number of carbonyl (C=O) groups is 1. The third kappa shape index (κ3) is 1.88. The van der Waals surface area contributed by atoms with E-state index in [0.29, 0.717) is 17.9 Å². The van der Waals surface area contributed by atoms with E-state index in [-0.39, 0.29) is 0 Å². The standard InChI is InChI=1S/C16H19NO2/c18-16-7-13-2-1-3-14(8-16)17(13)15-5-4-11-9-19-10-12(11)6-15/h4-6,13-14H,1-3,7-10H2. The molecule has 1 aromatic carbocycles. The van der Waals surface area contributed by atoms with Crippen LogP contribution in [0, 0.1) is 0 Å². The van der Waals surface area contributed by atoms with E-state index in [0.717, 1.165) is 38.9 Å². The summed E-state index contributed by atoms with van der Waals surface area (Å²) < 4.78 is 5.50. The molecule has 100 valence electrons. The lowest BCUT2D eigenvalue weighted by Crippen LogP contribution is -2.52. The molecule has 4 rings (SSSR count). The van der Waals surface area contributed by atoms with Gasteiger partial charge in [0.2, 0.25) is 0 Å². The van der Waals surface area contributed by atoms with Crippen molar-refractivity contribution >= 4 is 11.5 Å². The molecule has 0 spiro atoms. The first kappa shape index (κ1) is 11.5. The van der Waals surface area contributed by atoms with Gasteiger partial charge in [-0.3, -0.25) is 4.79 Å². The van der Waals surface area contributed by atoms with E-state index in [4.69, 9.17) is 4.74 Å². The van der Waals surface area contributed by atoms with Gasteiger partial charge in [0.25, 0.3) is 0 Å². The Balaban J connectivity index is 1.69. The van der Waals surface area contributed by atoms with Crippen molar-refractivity contribution in [3.8, 4) is 0 Å². The predicted molar refractivity (Wildman–Crippen MR) is 73.1 cm³/mol. The number of nitrogens with zero attached hydrogens (tertiary/aromatic N) is 1. The summed E-state index contributed by atoms with van der Waals surface area (Å²) in [7, 11) is 0. The summed E-state index contributed by atoms with van der Waals surface area (Å²) in [5.41, 5.74) is 3.95. The van der Waals surface area contributed by atoms with Crippen LogP contribution in [0.4, 0.5) is 5.69 Å². The maximum Gasteiger partial charge on any atom is 0.137 e. The topological polar surface area (TPSA) is 29.5 Å². The number of rotatable bonds is 1. The van der Waals surface area contributed by atoms with Gasteiger partial charge in [-0.05, 0) is 42.5 Å². The summed E-state index contributed by atoms with van der Waals surface area (Å²) in [6.07, 6.45) is 5.08. The molecule has 3 aliphatic rings. The van der Waals surface area contributed by atoms with Crippen molar-refractivity contribution in [2.24, 2.45) is 0 Å². The molecule has 0 N–H and O–H groups in total. The van der Waals surface area contributed by atoms with Gasteiger partial charge in [0, 0.05) is 30.6 Å². The lowest BCUT2D eigenvalue weighted by Gasteiger charge is -2.47. The molecule has 0 saturated carbocycles. The zero-order valence-electron chi connectivity index (χ0n) is 11.1. The van der Waals surface area contributed by atoms with Crippen LogP contribution in [0.5, 0.6) is 0 Å². The minimum absolute atomic E-state index is 0.431. The van der Waals surface area contributed by atoms with Crippen LogP contribution in [0.25, 0.3) is 0 Å². The Labute approximate surface area is 113 Å². The van der Waals surface area contributed by atoms with E-state index in [1.54, 1.807) is 0 Å². The first-order valence-electron chi connectivity index (χ1n) is 7.31. The van der Waals surface area contributed by atoms with Gasteiger partial charge in [-0.1, -0.05) is 6.07 Å². The zero-order valence-corrected chi connectivity index (χ0v) is 11.1. The second-order valence-corrected chi connectivity index (χ2v) is 6.04. The van der Waals surface area contributed by atoms with Crippen molar-refractivity contribution in [1.29, 1.82) is 0 Å². The third-order valence-corrected chi connectivity index (χ3v) is 4.79. The van der Waals surface area contributed by atoms with Gasteiger partial charge in [-0.15, -0.1) is 0 Å². The van der Waals surface area contributed by atoms with E-state index in [1.165, 1.54) is 23.2 Å². The molecule has 2 fully saturated rings. The molecule has 1 aromatic rings. The van der Waals surface area contributed by atoms with Gasteiger partial charge >= 0.3 is 0 Å². The number of hydrogen-bond acceptors (Lipinski definition) is 3. The van der Waals surface area contributed by atoms with Crippen LogP contribution >= 0.6 is 0 Å². The van der Waals surface area contributed by atoms with E-state index in [9.17, 15) is 4.79 Å². The number of carbonyl (C=O) groups excluding carboxylic acids is 1. The van der Waals surface area contributed by atoms with Crippen LogP contribution in [-0.2, 0) is 22.7 Å². The molecule has 3 heterocycles. The van der Waals surface area contributed by atoms with Crippen molar-refractivity contribution in [3.63, 3.8) is 0 Å². The second-order valence-electron chi connectivity index (χ2n) is 6.04. The van der Waals surface area contributed by atoms with E-state index in [1.807, 2.05) is 0 Å². The second kappa shape index (κ2) is 4.34. The molecule has 0 radical (unpaired) electrons. The highest BCUT2D eigenvalue weighted by molar-refractivity contribution is 5.82. The highest BCUT2D eigenvalue weighted by Gasteiger charge is 2.37. The number of piperidine rings is 2. The fraction of sp³-hybridized carbons (Fsp3) is 0.562. The predicted octanol–water partition coefficient (Wildman–Crippen LogP) is 2.81. The van der Waals surface area contributed by atoms with Gasteiger partial charge < -0.3 is 9.64 Å². The zero-order chi connectivity index (χ0) is 12.8. The molecule has 2 atom stereocenters. The van der Waals surface area contributed by atoms with Crippen molar-refractivity contribution in [2.45, 2.75) is 57.4 Å². The maximum atomic E-state index is 11.8. The summed E-state index contributed by atoms with van der Waals surface area (Å²) >= 11 is 0. The molecule has 3 aliphatic heterocycles. The Hall–Kier alpha value is -1.35. The fourth-order valence-corrected chi connectivity index (χ4v) is 3.92. The first-order valence-corrected chi connectivity index (χ1v) is 7.31. The number of hydrogen-bond donors (Lipinski definition) is 0. The number of ketones is 1. The Bertz CT molecular complexity index is 509. The smallest absolute Gasteiger partial charge is 0.137 e. The highest BCUT2D eigenvalue weighted by Crippen LogP contribution is 2.37. The van der Waals surface area contributed by atoms with Crippen LogP contribution in [0.1, 0.15) is 43.2 Å². The van der Waals surface area contributed by atoms with Gasteiger partial charge in [-0.2, -0.15) is 0 Å². The maximum absolute atomic E-state index is 11.8. The van der Waals surface area contributed by atoms with E-state index in [2.05, 4.69) is 23.1 Å². The summed E-state index contributed by atoms with van der Waals surface area (Å²) in [6.45, 7) is 1.49. The Morgan fingerprint density at radius 2 is 1.79 bits per heavy atom. The molecule has 0 amide bonds. The normalized spacial score (nSPS) is 29.5. The van der Waals surface area contributed by atoms with Gasteiger partial charge in [0.15, 0.2) is 0 Å². The average molecular weight is 257 g/mol. The Morgan fingerprint density at radius 1 is 1.05 bits per heavy atom. The van der Waals surface area contributed by atoms with Crippen LogP contribution in [0.3, 0.4) is 0 Å². The minimum Gasteiger partial charge on any atom is -0.372 e. The SMILES string of the molecule is O=C1CC2CCCC(C1)N2c1ccc2c(c1)COC2. The van der Waals surface area contributed by atoms with Crippen LogP contribution < -0.4 is 4.90 Å². The largest absolute Gasteiger partial charge is 0.372 e. The molecule has 19 heavy (non-hydrogen) atoms. The van der Waals surface area contributed by atoms with Gasteiger partial charge in [0.1, 0.15) is 5.78 Å². The minimum atomic E-state index is 0.431. The lowest BCUT2D eigenvalue weighted by atomic mass is 9.83. The van der Waals surface area contributed by atoms with Crippen LogP contribution in [0.2, 0.25) is 0 Å². The highest BCUT2D eigenvalue weighted by atomic mass is 16.5. The number of fused-ring (bicyclic) bond motifs is 3. The molecule has 2 unspecified atom stereocenters. The Morgan fingerprint density at radius 3 is 2.58 bits per heavy atom. The number of ether oxygens (including phenoxy) is 1. The van der Waals surface area contributed by atoms with Crippen molar-refractivity contribution in [2.75, 3.05) is 4.90 Å². The number of Topliss-reactive ketones (excluding diaryl/α,β-unsaturated/α-hetero) is 1. The quantitative estimate of drug-likeness (QED) is 0.774. The first-order chi connectivity index (χ1) is 9.31. The summed E-state index contributed by atoms with van der Waals surface area (Å²) in [5.74, 6) is 0.454. The molecule has 0 aromatic heterocycles. The monoisotopic (exact) mass is 257 g/mol. The molecule has 3 nitrogen and oxygen atoms in total. The molecule has 3 heteroatoms. The van der Waals surface area contributed by atoms with Gasteiger partial charge in [-0.25, -0.2) is 0 Å². The summed E-state index contributed by atoms with van der Waals surface area (Å²) in [6, 6.07) is 7.56. The molecule has 2 bridgehead atoms. The lowest BCUT2D eigenvalue weighted by molar-refractivity contribution is -0.121. The summed E-state index contributed by atoms with van der Waals surface area (Å²) in [4.78, 5) is 14.3. The number of anilines is 1.